The highest BCUT2D eigenvalue weighted by Crippen LogP contribution is 2.11. The van der Waals surface area contributed by atoms with Gasteiger partial charge >= 0.3 is 5.97 Å². The lowest BCUT2D eigenvalue weighted by Gasteiger charge is -2.08. The lowest BCUT2D eigenvalue weighted by atomic mass is 10.1. The van der Waals surface area contributed by atoms with Gasteiger partial charge in [-0.25, -0.2) is 9.13 Å². The highest BCUT2D eigenvalue weighted by Gasteiger charge is 2.21. The van der Waals surface area contributed by atoms with Crippen LogP contribution in [0.15, 0.2) is 12.4 Å². The summed E-state index contributed by atoms with van der Waals surface area (Å²) >= 11 is 0. The molecule has 0 amide bonds. The minimum atomic E-state index is -0.716. The molecule has 1 rings (SSSR count). The standard InChI is InChI=1S/C21H38N2O2/c1-4-6-8-9-10-11-12-13-14-20-22(15-7-5-2)16-17-23(20)18-19(3)21(24)25/h16-17,19H,4-15,18H2,1-3H3/p+1. The predicted octanol–water partition coefficient (Wildman–Crippen LogP) is 4.98. The summed E-state index contributed by atoms with van der Waals surface area (Å²) in [4.78, 5) is 11.2. The van der Waals surface area contributed by atoms with Crippen molar-refractivity contribution in [2.24, 2.45) is 5.92 Å². The molecule has 144 valence electrons. The van der Waals surface area contributed by atoms with Gasteiger partial charge in [0.1, 0.15) is 18.9 Å². The lowest BCUT2D eigenvalue weighted by molar-refractivity contribution is -0.707. The van der Waals surface area contributed by atoms with Crippen molar-refractivity contribution in [1.82, 2.24) is 4.57 Å². The number of aliphatic carboxylic acids is 1. The van der Waals surface area contributed by atoms with Gasteiger partial charge in [-0.05, 0) is 19.8 Å². The summed E-state index contributed by atoms with van der Waals surface area (Å²) in [5.74, 6) is 0.240. The summed E-state index contributed by atoms with van der Waals surface area (Å²) in [6.07, 6.45) is 18.2. The van der Waals surface area contributed by atoms with Gasteiger partial charge in [-0.15, -0.1) is 0 Å². The summed E-state index contributed by atoms with van der Waals surface area (Å²) in [6, 6.07) is 0. The molecule has 0 aliphatic carbocycles. The van der Waals surface area contributed by atoms with Gasteiger partial charge in [0, 0.05) is 6.42 Å². The zero-order valence-corrected chi connectivity index (χ0v) is 16.7. The Hall–Kier alpha value is -1.32. The summed E-state index contributed by atoms with van der Waals surface area (Å²) in [7, 11) is 0. The average Bonchev–Trinajstić information content (AvgIpc) is 2.97. The van der Waals surface area contributed by atoms with E-state index >= 15 is 0 Å². The normalized spacial score (nSPS) is 12.4. The number of aryl methyl sites for hydroxylation is 1. The maximum Gasteiger partial charge on any atom is 0.310 e. The van der Waals surface area contributed by atoms with E-state index in [4.69, 9.17) is 0 Å². The van der Waals surface area contributed by atoms with Crippen molar-refractivity contribution >= 4 is 5.97 Å². The highest BCUT2D eigenvalue weighted by molar-refractivity contribution is 5.69. The van der Waals surface area contributed by atoms with Crippen molar-refractivity contribution in [1.29, 1.82) is 0 Å². The van der Waals surface area contributed by atoms with Crippen LogP contribution in [-0.4, -0.2) is 15.6 Å². The van der Waals surface area contributed by atoms with E-state index in [1.165, 1.54) is 70.0 Å². The van der Waals surface area contributed by atoms with Crippen molar-refractivity contribution in [2.45, 2.75) is 104 Å². The first-order valence-electron chi connectivity index (χ1n) is 10.4. The van der Waals surface area contributed by atoms with E-state index in [1.807, 2.05) is 0 Å². The van der Waals surface area contributed by atoms with Crippen LogP contribution < -0.4 is 4.57 Å². The number of aromatic nitrogens is 2. The van der Waals surface area contributed by atoms with E-state index < -0.39 is 5.97 Å². The molecule has 4 nitrogen and oxygen atoms in total. The van der Waals surface area contributed by atoms with Gasteiger partial charge in [-0.3, -0.25) is 4.79 Å². The molecule has 0 bridgehead atoms. The minimum absolute atomic E-state index is 0.343. The van der Waals surface area contributed by atoms with Crippen molar-refractivity contribution in [3.8, 4) is 0 Å². The molecular weight excluding hydrogens is 312 g/mol. The largest absolute Gasteiger partial charge is 0.481 e. The van der Waals surface area contributed by atoms with Crippen LogP contribution in [0.5, 0.6) is 0 Å². The van der Waals surface area contributed by atoms with E-state index in [9.17, 15) is 9.90 Å². The van der Waals surface area contributed by atoms with Crippen molar-refractivity contribution < 1.29 is 14.5 Å². The summed E-state index contributed by atoms with van der Waals surface area (Å²) in [5, 5.41) is 9.20. The number of imidazole rings is 1. The quantitative estimate of drug-likeness (QED) is 0.358. The van der Waals surface area contributed by atoms with E-state index in [-0.39, 0.29) is 5.92 Å². The van der Waals surface area contributed by atoms with Gasteiger partial charge < -0.3 is 5.11 Å². The van der Waals surface area contributed by atoms with Crippen molar-refractivity contribution in [3.63, 3.8) is 0 Å². The van der Waals surface area contributed by atoms with E-state index in [2.05, 4.69) is 35.4 Å². The Balaban J connectivity index is 2.49. The van der Waals surface area contributed by atoms with Gasteiger partial charge in [0.2, 0.25) is 0 Å². The summed E-state index contributed by atoms with van der Waals surface area (Å²) in [6.45, 7) is 7.87. The van der Waals surface area contributed by atoms with Crippen molar-refractivity contribution in [2.75, 3.05) is 0 Å². The molecule has 1 aromatic heterocycles. The SMILES string of the molecule is CCCCCCCCCCc1n(CCCC)cc[n+]1CC(C)C(=O)O. The van der Waals surface area contributed by atoms with Crippen molar-refractivity contribution in [3.05, 3.63) is 18.2 Å². The third-order valence-corrected chi connectivity index (χ3v) is 4.99. The topological polar surface area (TPSA) is 46.1 Å². The third-order valence-electron chi connectivity index (χ3n) is 4.99. The molecule has 0 saturated heterocycles. The van der Waals surface area contributed by atoms with Crippen LogP contribution in [0.25, 0.3) is 0 Å². The Bertz CT molecular complexity index is 482. The molecule has 1 aromatic rings. The zero-order valence-electron chi connectivity index (χ0n) is 16.7. The van der Waals surface area contributed by atoms with Crippen LogP contribution in [0, 0.1) is 5.92 Å². The number of hydrogen-bond donors (Lipinski definition) is 1. The molecule has 25 heavy (non-hydrogen) atoms. The minimum Gasteiger partial charge on any atom is -0.481 e. The zero-order chi connectivity index (χ0) is 18.5. The molecule has 0 radical (unpaired) electrons. The van der Waals surface area contributed by atoms with Crippen LogP contribution in [0.4, 0.5) is 0 Å². The number of carbonyl (C=O) groups is 1. The molecule has 0 fully saturated rings. The van der Waals surface area contributed by atoms with Crippen LogP contribution in [0.3, 0.4) is 0 Å². The average molecular weight is 352 g/mol. The fourth-order valence-electron chi connectivity index (χ4n) is 3.27. The van der Waals surface area contributed by atoms with Crippen LogP contribution in [-0.2, 0) is 24.3 Å². The first-order valence-corrected chi connectivity index (χ1v) is 10.4. The third kappa shape index (κ3) is 8.55. The number of carboxylic acids is 1. The van der Waals surface area contributed by atoms with Gasteiger partial charge in [0.25, 0.3) is 5.82 Å². The lowest BCUT2D eigenvalue weighted by Crippen LogP contribution is -2.42. The Kier molecular flexibility index (Phi) is 11.3. The maximum absolute atomic E-state index is 11.2. The maximum atomic E-state index is 11.2. The molecule has 4 heteroatoms. The van der Waals surface area contributed by atoms with E-state index in [0.29, 0.717) is 6.54 Å². The Morgan fingerprint density at radius 3 is 2.24 bits per heavy atom. The molecule has 1 heterocycles. The predicted molar refractivity (Wildman–Crippen MR) is 103 cm³/mol. The second-order valence-electron chi connectivity index (χ2n) is 7.38. The number of nitrogens with zero attached hydrogens (tertiary/aromatic N) is 2. The number of rotatable bonds is 15. The fourth-order valence-corrected chi connectivity index (χ4v) is 3.27. The summed E-state index contributed by atoms with van der Waals surface area (Å²) in [5.41, 5.74) is 0. The molecule has 1 unspecified atom stereocenters. The Morgan fingerprint density at radius 1 is 1.04 bits per heavy atom. The molecule has 1 atom stereocenters. The molecule has 0 aliphatic heterocycles. The van der Waals surface area contributed by atoms with Gasteiger partial charge in [0.05, 0.1) is 12.5 Å². The van der Waals surface area contributed by atoms with Gasteiger partial charge in [-0.2, -0.15) is 0 Å². The Labute approximate surface area is 154 Å². The molecule has 0 aliphatic rings. The Morgan fingerprint density at radius 2 is 1.64 bits per heavy atom. The van der Waals surface area contributed by atoms with Crippen LogP contribution >= 0.6 is 0 Å². The highest BCUT2D eigenvalue weighted by atomic mass is 16.4. The molecule has 0 saturated carbocycles. The monoisotopic (exact) mass is 351 g/mol. The fraction of sp³-hybridized carbons (Fsp3) is 0.810. The second kappa shape index (κ2) is 13.0. The number of unbranched alkanes of at least 4 members (excludes halogenated alkanes) is 8. The first-order chi connectivity index (χ1) is 12.1. The molecule has 1 N–H and O–H groups in total. The van der Waals surface area contributed by atoms with E-state index in [1.54, 1.807) is 6.92 Å². The molecule has 0 aromatic carbocycles. The number of carboxylic acid groups (broad SMARTS) is 1. The van der Waals surface area contributed by atoms with Crippen LogP contribution in [0.1, 0.15) is 90.8 Å². The smallest absolute Gasteiger partial charge is 0.310 e. The van der Waals surface area contributed by atoms with E-state index in [0.717, 1.165) is 13.0 Å². The first kappa shape index (κ1) is 21.7. The summed E-state index contributed by atoms with van der Waals surface area (Å²) < 4.78 is 4.50. The second-order valence-corrected chi connectivity index (χ2v) is 7.38. The number of hydrogen-bond acceptors (Lipinski definition) is 1. The van der Waals surface area contributed by atoms with Gasteiger partial charge in [0.15, 0.2) is 0 Å². The van der Waals surface area contributed by atoms with Gasteiger partial charge in [-0.1, -0.05) is 65.2 Å². The molecular formula is C21H39N2O2+. The van der Waals surface area contributed by atoms with Crippen LogP contribution in [0.2, 0.25) is 0 Å². The molecule has 0 spiro atoms.